The third-order valence-corrected chi connectivity index (χ3v) is 5.41. The second-order valence-corrected chi connectivity index (χ2v) is 8.15. The normalized spacial score (nSPS) is 19.3. The minimum atomic E-state index is -0.185. The molecule has 1 fully saturated rings. The number of hydrogen-bond donors (Lipinski definition) is 0. The first-order chi connectivity index (χ1) is 12.4. The molecular weight excluding hydrogens is 328 g/mol. The number of carbonyl (C=O) groups excluding carboxylic acids is 1. The fourth-order valence-corrected chi connectivity index (χ4v) is 4.08. The van der Waals surface area contributed by atoms with Crippen molar-refractivity contribution >= 4 is 5.91 Å². The van der Waals surface area contributed by atoms with E-state index in [2.05, 4.69) is 25.1 Å². The quantitative estimate of drug-likeness (QED) is 0.844. The van der Waals surface area contributed by atoms with Crippen LogP contribution in [0, 0.1) is 6.92 Å². The summed E-state index contributed by atoms with van der Waals surface area (Å²) >= 11 is 0. The molecule has 2 aliphatic heterocycles. The molecule has 1 saturated heterocycles. The summed E-state index contributed by atoms with van der Waals surface area (Å²) in [6.45, 7) is 7.66. The molecule has 26 heavy (non-hydrogen) atoms. The van der Waals surface area contributed by atoms with E-state index in [0.717, 1.165) is 55.1 Å². The summed E-state index contributed by atoms with van der Waals surface area (Å²) in [6, 6.07) is 8.16. The zero-order valence-corrected chi connectivity index (χ0v) is 15.7. The minimum Gasteiger partial charge on any atom is -0.487 e. The van der Waals surface area contributed by atoms with E-state index in [4.69, 9.17) is 9.26 Å². The lowest BCUT2D eigenvalue weighted by atomic mass is 9.93. The van der Waals surface area contributed by atoms with Crippen molar-refractivity contribution in [1.29, 1.82) is 0 Å². The van der Waals surface area contributed by atoms with Crippen molar-refractivity contribution in [2.45, 2.75) is 58.0 Å². The van der Waals surface area contributed by atoms with E-state index in [-0.39, 0.29) is 11.5 Å². The average Bonchev–Trinajstić information content (AvgIpc) is 3.17. The zero-order valence-electron chi connectivity index (χ0n) is 15.7. The van der Waals surface area contributed by atoms with Crippen LogP contribution in [0.15, 0.2) is 28.8 Å². The molecular formula is C21H26N2O3. The van der Waals surface area contributed by atoms with E-state index >= 15 is 0 Å². The Hall–Kier alpha value is -2.30. The number of carbonyl (C=O) groups is 1. The van der Waals surface area contributed by atoms with Gasteiger partial charge in [-0.2, -0.15) is 0 Å². The largest absolute Gasteiger partial charge is 0.487 e. The van der Waals surface area contributed by atoms with Gasteiger partial charge < -0.3 is 14.2 Å². The first-order valence-corrected chi connectivity index (χ1v) is 9.42. The number of aromatic nitrogens is 1. The average molecular weight is 354 g/mol. The van der Waals surface area contributed by atoms with Gasteiger partial charge in [0, 0.05) is 37.1 Å². The maximum absolute atomic E-state index is 12.8. The van der Waals surface area contributed by atoms with Gasteiger partial charge in [-0.3, -0.25) is 4.79 Å². The molecule has 2 aromatic rings. The van der Waals surface area contributed by atoms with E-state index in [0.29, 0.717) is 12.3 Å². The van der Waals surface area contributed by atoms with E-state index < -0.39 is 0 Å². The van der Waals surface area contributed by atoms with Crippen LogP contribution < -0.4 is 4.74 Å². The van der Waals surface area contributed by atoms with Crippen LogP contribution in [0.5, 0.6) is 5.75 Å². The van der Waals surface area contributed by atoms with Gasteiger partial charge in [-0.25, -0.2) is 0 Å². The van der Waals surface area contributed by atoms with Gasteiger partial charge in [0.15, 0.2) is 0 Å². The van der Waals surface area contributed by atoms with Crippen LogP contribution in [0.2, 0.25) is 0 Å². The highest BCUT2D eigenvalue weighted by atomic mass is 16.5. The predicted molar refractivity (Wildman–Crippen MR) is 98.4 cm³/mol. The number of benzene rings is 1. The second kappa shape index (κ2) is 6.45. The molecule has 0 aliphatic carbocycles. The number of amides is 1. The fourth-order valence-electron chi connectivity index (χ4n) is 4.08. The highest BCUT2D eigenvalue weighted by Gasteiger charge is 2.33. The fraction of sp³-hybridized carbons (Fsp3) is 0.524. The Balaban J connectivity index is 1.39. The lowest BCUT2D eigenvalue weighted by Gasteiger charge is -2.31. The molecule has 4 rings (SSSR count). The molecule has 2 aliphatic rings. The highest BCUT2D eigenvalue weighted by Crippen LogP contribution is 2.38. The number of fused-ring (bicyclic) bond motifs is 1. The molecule has 0 atom stereocenters. The van der Waals surface area contributed by atoms with Crippen LogP contribution in [-0.4, -0.2) is 34.7 Å². The number of rotatable bonds is 3. The molecule has 1 aromatic heterocycles. The monoisotopic (exact) mass is 354 g/mol. The lowest BCUT2D eigenvalue weighted by molar-refractivity contribution is -0.131. The summed E-state index contributed by atoms with van der Waals surface area (Å²) < 4.78 is 11.5. The molecule has 0 bridgehead atoms. The van der Waals surface area contributed by atoms with E-state index in [9.17, 15) is 4.79 Å². The van der Waals surface area contributed by atoms with Crippen molar-refractivity contribution in [2.75, 3.05) is 13.1 Å². The summed E-state index contributed by atoms with van der Waals surface area (Å²) in [7, 11) is 0. The van der Waals surface area contributed by atoms with E-state index in [1.807, 2.05) is 30.0 Å². The van der Waals surface area contributed by atoms with Crippen molar-refractivity contribution in [3.8, 4) is 5.75 Å². The predicted octanol–water partition coefficient (Wildman–Crippen LogP) is 3.65. The zero-order chi connectivity index (χ0) is 18.3. The summed E-state index contributed by atoms with van der Waals surface area (Å²) in [5.41, 5.74) is 2.94. The van der Waals surface area contributed by atoms with Gasteiger partial charge in [-0.1, -0.05) is 23.4 Å². The number of hydrogen-bond acceptors (Lipinski definition) is 4. The Kier molecular flexibility index (Phi) is 4.25. The number of likely N-dealkylation sites (tertiary alicyclic amines) is 1. The highest BCUT2D eigenvalue weighted by molar-refractivity contribution is 5.80. The molecule has 138 valence electrons. The molecule has 3 heterocycles. The van der Waals surface area contributed by atoms with Crippen molar-refractivity contribution < 1.29 is 14.1 Å². The summed E-state index contributed by atoms with van der Waals surface area (Å²) in [6.07, 6.45) is 3.16. The maximum Gasteiger partial charge on any atom is 0.227 e. The second-order valence-electron chi connectivity index (χ2n) is 8.15. The molecule has 5 heteroatoms. The van der Waals surface area contributed by atoms with Crippen LogP contribution in [0.3, 0.4) is 0 Å². The number of para-hydroxylation sites is 1. The molecule has 0 unspecified atom stereocenters. The standard InChI is InChI=1S/C21H26N2O3/c1-14-11-18(26-22-14)15-7-9-23(10-8-15)19(24)12-16-5-4-6-17-13-21(2,3)25-20(16)17/h4-6,11,15H,7-10,12-13H2,1-3H3. The molecule has 1 amide bonds. The molecule has 0 N–H and O–H groups in total. The number of ether oxygens (including phenoxy) is 1. The van der Waals surface area contributed by atoms with Crippen LogP contribution >= 0.6 is 0 Å². The van der Waals surface area contributed by atoms with Gasteiger partial charge in [0.05, 0.1) is 12.1 Å². The SMILES string of the molecule is Cc1cc(C2CCN(C(=O)Cc3cccc4c3OC(C)(C)C4)CC2)on1. The number of aryl methyl sites for hydroxylation is 1. The van der Waals surface area contributed by atoms with Crippen molar-refractivity contribution in [3.05, 3.63) is 46.8 Å². The van der Waals surface area contributed by atoms with Crippen LogP contribution in [0.4, 0.5) is 0 Å². The first-order valence-electron chi connectivity index (χ1n) is 9.42. The summed E-state index contributed by atoms with van der Waals surface area (Å²) in [4.78, 5) is 14.8. The summed E-state index contributed by atoms with van der Waals surface area (Å²) in [5.74, 6) is 2.41. The molecule has 1 aromatic carbocycles. The Morgan fingerprint density at radius 2 is 2.08 bits per heavy atom. The lowest BCUT2D eigenvalue weighted by Crippen LogP contribution is -2.38. The molecule has 0 spiro atoms. The Labute approximate surface area is 154 Å². The molecule has 0 radical (unpaired) electrons. The molecule has 5 nitrogen and oxygen atoms in total. The van der Waals surface area contributed by atoms with Gasteiger partial charge in [-0.05, 0) is 39.2 Å². The van der Waals surface area contributed by atoms with Gasteiger partial charge in [0.2, 0.25) is 5.91 Å². The van der Waals surface area contributed by atoms with Crippen LogP contribution in [0.25, 0.3) is 0 Å². The van der Waals surface area contributed by atoms with E-state index in [1.54, 1.807) is 0 Å². The van der Waals surface area contributed by atoms with Crippen LogP contribution in [-0.2, 0) is 17.6 Å². The third kappa shape index (κ3) is 3.35. The van der Waals surface area contributed by atoms with Gasteiger partial charge in [-0.15, -0.1) is 0 Å². The first kappa shape index (κ1) is 17.1. The van der Waals surface area contributed by atoms with Crippen LogP contribution in [0.1, 0.15) is 55.2 Å². The smallest absolute Gasteiger partial charge is 0.227 e. The summed E-state index contributed by atoms with van der Waals surface area (Å²) in [5, 5.41) is 3.98. The maximum atomic E-state index is 12.8. The van der Waals surface area contributed by atoms with Gasteiger partial charge in [0.1, 0.15) is 17.1 Å². The van der Waals surface area contributed by atoms with E-state index in [1.165, 1.54) is 5.56 Å². The number of nitrogens with zero attached hydrogens (tertiary/aromatic N) is 2. The third-order valence-electron chi connectivity index (χ3n) is 5.41. The Morgan fingerprint density at radius 1 is 1.31 bits per heavy atom. The number of piperidine rings is 1. The Morgan fingerprint density at radius 3 is 2.77 bits per heavy atom. The van der Waals surface area contributed by atoms with Gasteiger partial charge in [0.25, 0.3) is 0 Å². The van der Waals surface area contributed by atoms with Crippen molar-refractivity contribution in [3.63, 3.8) is 0 Å². The molecule has 0 saturated carbocycles. The Bertz CT molecular complexity index is 816. The van der Waals surface area contributed by atoms with Crippen molar-refractivity contribution in [1.82, 2.24) is 10.1 Å². The van der Waals surface area contributed by atoms with Gasteiger partial charge >= 0.3 is 0 Å². The van der Waals surface area contributed by atoms with Crippen molar-refractivity contribution in [2.24, 2.45) is 0 Å². The topological polar surface area (TPSA) is 55.6 Å². The minimum absolute atomic E-state index is 0.180.